The van der Waals surface area contributed by atoms with Crippen molar-refractivity contribution >= 4 is 33.1 Å². The van der Waals surface area contributed by atoms with Crippen molar-refractivity contribution in [3.8, 4) is 5.69 Å². The van der Waals surface area contributed by atoms with E-state index in [0.29, 0.717) is 5.82 Å². The number of hydrogen-bond acceptors (Lipinski definition) is 3. The number of thiocarbonyl (C=S) groups is 1. The first kappa shape index (κ1) is 10.3. The highest BCUT2D eigenvalue weighted by atomic mass is 79.9. The van der Waals surface area contributed by atoms with Crippen LogP contribution in [0.5, 0.6) is 0 Å². The summed E-state index contributed by atoms with van der Waals surface area (Å²) >= 11 is 8.32. The lowest BCUT2D eigenvalue weighted by Gasteiger charge is -2.07. The maximum atomic E-state index is 5.56. The predicted molar refractivity (Wildman–Crippen MR) is 64.9 cm³/mol. The zero-order valence-corrected chi connectivity index (χ0v) is 9.99. The zero-order chi connectivity index (χ0) is 10.8. The fourth-order valence-corrected chi connectivity index (χ4v) is 1.84. The van der Waals surface area contributed by atoms with Crippen molar-refractivity contribution in [2.45, 2.75) is 0 Å². The Balaban J connectivity index is 2.59. The van der Waals surface area contributed by atoms with Crippen molar-refractivity contribution in [2.24, 2.45) is 5.73 Å². The summed E-state index contributed by atoms with van der Waals surface area (Å²) in [6.45, 7) is 0. The number of hydrogen-bond donors (Lipinski definition) is 1. The van der Waals surface area contributed by atoms with Gasteiger partial charge in [0.05, 0.1) is 10.2 Å². The van der Waals surface area contributed by atoms with Crippen LogP contribution in [-0.4, -0.2) is 19.5 Å². The van der Waals surface area contributed by atoms with E-state index in [1.165, 1.54) is 0 Å². The maximum absolute atomic E-state index is 5.56. The molecular formula is C9H7BrN4S. The van der Waals surface area contributed by atoms with Gasteiger partial charge in [-0.05, 0) is 22.0 Å². The van der Waals surface area contributed by atoms with Gasteiger partial charge in [-0.25, -0.2) is 4.98 Å². The number of halogens is 1. The molecule has 15 heavy (non-hydrogen) atoms. The van der Waals surface area contributed by atoms with Crippen LogP contribution in [0.25, 0.3) is 5.69 Å². The van der Waals surface area contributed by atoms with Gasteiger partial charge in [0, 0.05) is 24.8 Å². The van der Waals surface area contributed by atoms with E-state index >= 15 is 0 Å². The second-order valence-electron chi connectivity index (χ2n) is 2.81. The van der Waals surface area contributed by atoms with Crippen LogP contribution in [0.1, 0.15) is 5.82 Å². The number of imidazole rings is 1. The summed E-state index contributed by atoms with van der Waals surface area (Å²) in [4.78, 5) is 8.34. The lowest BCUT2D eigenvalue weighted by Crippen LogP contribution is -2.16. The Bertz CT molecular complexity index is 508. The molecule has 0 spiro atoms. The molecule has 6 heteroatoms. The van der Waals surface area contributed by atoms with Crippen LogP contribution in [0.15, 0.2) is 35.3 Å². The van der Waals surface area contributed by atoms with Gasteiger partial charge in [0.25, 0.3) is 0 Å². The lowest BCUT2D eigenvalue weighted by molar-refractivity contribution is 1.02. The molecule has 0 saturated carbocycles. The number of nitrogens with zero attached hydrogens (tertiary/aromatic N) is 3. The Hall–Kier alpha value is -1.27. The average Bonchev–Trinajstić information content (AvgIpc) is 2.67. The quantitative estimate of drug-likeness (QED) is 0.852. The minimum Gasteiger partial charge on any atom is -0.387 e. The van der Waals surface area contributed by atoms with Crippen LogP contribution < -0.4 is 5.73 Å². The Morgan fingerprint density at radius 2 is 2.27 bits per heavy atom. The van der Waals surface area contributed by atoms with E-state index in [1.54, 1.807) is 24.8 Å². The second-order valence-corrected chi connectivity index (χ2v) is 4.11. The van der Waals surface area contributed by atoms with E-state index in [9.17, 15) is 0 Å². The molecule has 0 atom stereocenters. The van der Waals surface area contributed by atoms with Gasteiger partial charge < -0.3 is 5.73 Å². The van der Waals surface area contributed by atoms with Gasteiger partial charge in [-0.2, -0.15) is 0 Å². The van der Waals surface area contributed by atoms with Crippen molar-refractivity contribution in [1.82, 2.24) is 14.5 Å². The average molecular weight is 283 g/mol. The highest BCUT2D eigenvalue weighted by Crippen LogP contribution is 2.20. The van der Waals surface area contributed by atoms with E-state index in [4.69, 9.17) is 18.0 Å². The van der Waals surface area contributed by atoms with Gasteiger partial charge in [-0.1, -0.05) is 12.2 Å². The van der Waals surface area contributed by atoms with Crippen LogP contribution in [0.2, 0.25) is 0 Å². The van der Waals surface area contributed by atoms with Crippen molar-refractivity contribution in [1.29, 1.82) is 0 Å². The summed E-state index contributed by atoms with van der Waals surface area (Å²) in [7, 11) is 0. The highest BCUT2D eigenvalue weighted by Gasteiger charge is 2.09. The largest absolute Gasteiger partial charge is 0.387 e. The molecule has 0 saturated heterocycles. The number of nitrogens with two attached hydrogens (primary N) is 1. The fraction of sp³-hybridized carbons (Fsp3) is 0. The third kappa shape index (κ3) is 1.91. The van der Waals surface area contributed by atoms with Crippen molar-refractivity contribution < 1.29 is 0 Å². The van der Waals surface area contributed by atoms with Gasteiger partial charge in [-0.15, -0.1) is 0 Å². The zero-order valence-electron chi connectivity index (χ0n) is 7.59. The minimum absolute atomic E-state index is 0.267. The third-order valence-corrected chi connectivity index (χ3v) is 2.67. The number of pyridine rings is 1. The van der Waals surface area contributed by atoms with E-state index in [0.717, 1.165) is 10.2 Å². The first-order valence-electron chi connectivity index (χ1n) is 4.13. The van der Waals surface area contributed by atoms with Crippen LogP contribution in [0.3, 0.4) is 0 Å². The summed E-state index contributed by atoms with van der Waals surface area (Å²) in [6.07, 6.45) is 6.86. The second kappa shape index (κ2) is 4.08. The van der Waals surface area contributed by atoms with Crippen LogP contribution in [-0.2, 0) is 0 Å². The standard InChI is InChI=1S/C9H7BrN4S/c10-6-5-12-2-1-7(6)14-4-3-13-9(14)8(11)15/h1-5H,(H2,11,15). The van der Waals surface area contributed by atoms with Gasteiger partial charge in [0.2, 0.25) is 0 Å². The Morgan fingerprint density at radius 3 is 2.93 bits per heavy atom. The fourth-order valence-electron chi connectivity index (χ4n) is 1.24. The first-order chi connectivity index (χ1) is 7.20. The first-order valence-corrected chi connectivity index (χ1v) is 5.33. The predicted octanol–water partition coefficient (Wildman–Crippen LogP) is 1.66. The van der Waals surface area contributed by atoms with E-state index in [-0.39, 0.29) is 4.99 Å². The Morgan fingerprint density at radius 1 is 1.47 bits per heavy atom. The van der Waals surface area contributed by atoms with Crippen molar-refractivity contribution in [3.05, 3.63) is 41.2 Å². The summed E-state index contributed by atoms with van der Waals surface area (Å²) in [5.74, 6) is 0.567. The molecule has 4 nitrogen and oxygen atoms in total. The molecule has 2 N–H and O–H groups in total. The molecule has 0 amide bonds. The van der Waals surface area contributed by atoms with Gasteiger partial charge >= 0.3 is 0 Å². The molecule has 0 aromatic carbocycles. The molecular weight excluding hydrogens is 276 g/mol. The number of rotatable bonds is 2. The van der Waals surface area contributed by atoms with Crippen LogP contribution >= 0.6 is 28.1 Å². The monoisotopic (exact) mass is 282 g/mol. The molecule has 0 bridgehead atoms. The van der Waals surface area contributed by atoms with Crippen molar-refractivity contribution in [3.63, 3.8) is 0 Å². The molecule has 0 unspecified atom stereocenters. The molecule has 0 aliphatic heterocycles. The Kier molecular flexibility index (Phi) is 2.79. The SMILES string of the molecule is NC(=S)c1nccn1-c1ccncc1Br. The Labute approximate surface area is 100 Å². The van der Waals surface area contributed by atoms with Crippen molar-refractivity contribution in [2.75, 3.05) is 0 Å². The van der Waals surface area contributed by atoms with E-state index in [1.807, 2.05) is 10.6 Å². The van der Waals surface area contributed by atoms with Crippen LogP contribution in [0, 0.1) is 0 Å². The molecule has 2 aromatic heterocycles. The third-order valence-electron chi connectivity index (χ3n) is 1.87. The molecule has 0 fully saturated rings. The molecule has 0 aliphatic rings. The molecule has 2 rings (SSSR count). The molecule has 0 aliphatic carbocycles. The summed E-state index contributed by atoms with van der Waals surface area (Å²) in [5, 5.41) is 0. The van der Waals surface area contributed by atoms with Gasteiger partial charge in [-0.3, -0.25) is 9.55 Å². The summed E-state index contributed by atoms with van der Waals surface area (Å²) in [6, 6.07) is 1.85. The molecule has 2 aromatic rings. The molecule has 76 valence electrons. The lowest BCUT2D eigenvalue weighted by atomic mass is 10.4. The molecule has 2 heterocycles. The van der Waals surface area contributed by atoms with Gasteiger partial charge in [0.1, 0.15) is 4.99 Å². The van der Waals surface area contributed by atoms with E-state index in [2.05, 4.69) is 25.9 Å². The normalized spacial score (nSPS) is 10.2. The maximum Gasteiger partial charge on any atom is 0.172 e. The number of aromatic nitrogens is 3. The minimum atomic E-state index is 0.267. The summed E-state index contributed by atoms with van der Waals surface area (Å²) < 4.78 is 2.68. The summed E-state index contributed by atoms with van der Waals surface area (Å²) in [5.41, 5.74) is 6.47. The van der Waals surface area contributed by atoms with Gasteiger partial charge in [0.15, 0.2) is 5.82 Å². The topological polar surface area (TPSA) is 56.7 Å². The smallest absolute Gasteiger partial charge is 0.172 e. The van der Waals surface area contributed by atoms with E-state index < -0.39 is 0 Å². The highest BCUT2D eigenvalue weighted by molar-refractivity contribution is 9.10. The van der Waals surface area contributed by atoms with Crippen LogP contribution in [0.4, 0.5) is 0 Å². The molecule has 0 radical (unpaired) electrons.